The van der Waals surface area contributed by atoms with Gasteiger partial charge in [-0.3, -0.25) is 9.89 Å². The zero-order valence-corrected chi connectivity index (χ0v) is 6.20. The normalized spacial score (nSPS) is 9.91. The number of ether oxygens (including phenoxy) is 1. The van der Waals surface area contributed by atoms with Gasteiger partial charge >= 0.3 is 0 Å². The van der Waals surface area contributed by atoms with Gasteiger partial charge in [0.1, 0.15) is 12.9 Å². The highest BCUT2D eigenvalue weighted by atomic mass is 16.5. The average Bonchev–Trinajstić information content (AvgIpc) is 2.52. The first-order chi connectivity index (χ1) is 5.34. The molecule has 0 spiro atoms. The molecule has 0 aliphatic carbocycles. The molecule has 1 aromatic rings. The Morgan fingerprint density at radius 1 is 1.82 bits per heavy atom. The van der Waals surface area contributed by atoms with E-state index in [1.807, 2.05) is 6.92 Å². The molecule has 11 heavy (non-hydrogen) atoms. The number of nitrogens with one attached hydrogen (secondary N) is 1. The SMILES string of the molecule is CCOCC(=O)c1ncn[nH]1. The lowest BCUT2D eigenvalue weighted by Crippen LogP contribution is -2.10. The Labute approximate surface area is 63.8 Å². The largest absolute Gasteiger partial charge is 0.373 e. The van der Waals surface area contributed by atoms with Crippen LogP contribution >= 0.6 is 0 Å². The highest BCUT2D eigenvalue weighted by Crippen LogP contribution is 1.88. The third-order valence-corrected chi connectivity index (χ3v) is 1.12. The number of aromatic amines is 1. The third-order valence-electron chi connectivity index (χ3n) is 1.12. The molecule has 0 aliphatic heterocycles. The van der Waals surface area contributed by atoms with E-state index in [1.165, 1.54) is 6.33 Å². The summed E-state index contributed by atoms with van der Waals surface area (Å²) in [6.45, 7) is 2.42. The second kappa shape index (κ2) is 3.82. The number of H-pyrrole nitrogens is 1. The van der Waals surface area contributed by atoms with Gasteiger partial charge in [0.05, 0.1) is 0 Å². The van der Waals surface area contributed by atoms with Gasteiger partial charge in [-0.05, 0) is 6.92 Å². The van der Waals surface area contributed by atoms with E-state index in [0.717, 1.165) is 0 Å². The molecule has 1 rings (SSSR count). The monoisotopic (exact) mass is 155 g/mol. The first-order valence-electron chi connectivity index (χ1n) is 3.31. The molecule has 5 nitrogen and oxygen atoms in total. The molecule has 0 bridgehead atoms. The van der Waals surface area contributed by atoms with Crippen LogP contribution in [0.25, 0.3) is 0 Å². The van der Waals surface area contributed by atoms with E-state index in [-0.39, 0.29) is 18.2 Å². The summed E-state index contributed by atoms with van der Waals surface area (Å²) in [5, 5.41) is 5.99. The first-order valence-corrected chi connectivity index (χ1v) is 3.31. The minimum Gasteiger partial charge on any atom is -0.373 e. The third kappa shape index (κ3) is 2.12. The number of carbonyl (C=O) groups excluding carboxylic acids is 1. The molecule has 0 amide bonds. The van der Waals surface area contributed by atoms with Gasteiger partial charge in [-0.25, -0.2) is 4.98 Å². The molecular weight excluding hydrogens is 146 g/mol. The number of aromatic nitrogens is 3. The Morgan fingerprint density at radius 2 is 2.64 bits per heavy atom. The average molecular weight is 155 g/mol. The van der Waals surface area contributed by atoms with Crippen LogP contribution < -0.4 is 0 Å². The van der Waals surface area contributed by atoms with Gasteiger partial charge in [0.25, 0.3) is 0 Å². The van der Waals surface area contributed by atoms with Crippen molar-refractivity contribution in [3.63, 3.8) is 0 Å². The van der Waals surface area contributed by atoms with E-state index in [2.05, 4.69) is 15.2 Å². The lowest BCUT2D eigenvalue weighted by atomic mass is 10.4. The molecule has 0 saturated carbocycles. The smallest absolute Gasteiger partial charge is 0.225 e. The summed E-state index contributed by atoms with van der Waals surface area (Å²) in [4.78, 5) is 14.7. The molecular formula is C6H9N3O2. The quantitative estimate of drug-likeness (QED) is 0.622. The van der Waals surface area contributed by atoms with E-state index in [0.29, 0.717) is 6.61 Å². The highest BCUT2D eigenvalue weighted by molar-refractivity contribution is 5.93. The molecule has 0 saturated heterocycles. The van der Waals surface area contributed by atoms with Crippen LogP contribution in [0.3, 0.4) is 0 Å². The fourth-order valence-corrected chi connectivity index (χ4v) is 0.603. The molecule has 0 radical (unpaired) electrons. The number of hydrogen-bond donors (Lipinski definition) is 1. The van der Waals surface area contributed by atoms with Crippen LogP contribution in [-0.4, -0.2) is 34.2 Å². The van der Waals surface area contributed by atoms with E-state index in [4.69, 9.17) is 4.74 Å². The minimum atomic E-state index is -0.177. The van der Waals surface area contributed by atoms with E-state index in [9.17, 15) is 4.79 Å². The lowest BCUT2D eigenvalue weighted by molar-refractivity contribution is 0.0773. The second-order valence-electron chi connectivity index (χ2n) is 1.89. The molecule has 0 aromatic carbocycles. The lowest BCUT2D eigenvalue weighted by Gasteiger charge is -1.95. The maximum atomic E-state index is 11.0. The van der Waals surface area contributed by atoms with Crippen LogP contribution in [0.15, 0.2) is 6.33 Å². The van der Waals surface area contributed by atoms with Crippen molar-refractivity contribution < 1.29 is 9.53 Å². The van der Waals surface area contributed by atoms with Crippen LogP contribution in [0, 0.1) is 0 Å². The highest BCUT2D eigenvalue weighted by Gasteiger charge is 2.07. The molecule has 0 atom stereocenters. The van der Waals surface area contributed by atoms with Crippen LogP contribution in [0.5, 0.6) is 0 Å². The Bertz CT molecular complexity index is 220. The topological polar surface area (TPSA) is 67.9 Å². The number of ketones is 1. The van der Waals surface area contributed by atoms with Crippen molar-refractivity contribution in [2.24, 2.45) is 0 Å². The minimum absolute atomic E-state index is 0.0612. The van der Waals surface area contributed by atoms with Crippen LogP contribution in [0.2, 0.25) is 0 Å². The molecule has 1 heterocycles. The molecule has 5 heteroatoms. The fraction of sp³-hybridized carbons (Fsp3) is 0.500. The number of carbonyl (C=O) groups is 1. The van der Waals surface area contributed by atoms with E-state index < -0.39 is 0 Å². The maximum absolute atomic E-state index is 11.0. The molecule has 60 valence electrons. The van der Waals surface area contributed by atoms with Gasteiger partial charge < -0.3 is 4.74 Å². The number of nitrogens with zero attached hydrogens (tertiary/aromatic N) is 2. The number of hydrogen-bond acceptors (Lipinski definition) is 4. The van der Waals surface area contributed by atoms with Crippen molar-refractivity contribution in [2.45, 2.75) is 6.92 Å². The van der Waals surface area contributed by atoms with E-state index >= 15 is 0 Å². The Hall–Kier alpha value is -1.23. The number of rotatable bonds is 4. The van der Waals surface area contributed by atoms with Crippen LogP contribution in [0.4, 0.5) is 0 Å². The standard InChI is InChI=1S/C6H9N3O2/c1-2-11-3-5(10)6-7-4-8-9-6/h4H,2-3H2,1H3,(H,7,8,9). The van der Waals surface area contributed by atoms with Crippen molar-refractivity contribution in [1.82, 2.24) is 15.2 Å². The van der Waals surface area contributed by atoms with Crippen molar-refractivity contribution >= 4 is 5.78 Å². The Balaban J connectivity index is 2.43. The summed E-state index contributed by atoms with van der Waals surface area (Å²) < 4.78 is 4.88. The van der Waals surface area contributed by atoms with Crippen molar-refractivity contribution in [1.29, 1.82) is 0 Å². The molecule has 0 unspecified atom stereocenters. The first kappa shape index (κ1) is 7.87. The van der Waals surface area contributed by atoms with Crippen LogP contribution in [-0.2, 0) is 4.74 Å². The van der Waals surface area contributed by atoms with Crippen molar-refractivity contribution in [3.05, 3.63) is 12.2 Å². The molecule has 1 aromatic heterocycles. The molecule has 1 N–H and O–H groups in total. The predicted octanol–water partition coefficient (Wildman–Crippen LogP) is 0.0239. The Kier molecular flexibility index (Phi) is 2.74. The van der Waals surface area contributed by atoms with Gasteiger partial charge in [0, 0.05) is 6.61 Å². The van der Waals surface area contributed by atoms with Gasteiger partial charge in [-0.2, -0.15) is 5.10 Å². The number of Topliss-reactive ketones (excluding diaryl/α,β-unsaturated/α-hetero) is 1. The summed E-state index contributed by atoms with van der Waals surface area (Å²) in [6, 6.07) is 0. The molecule has 0 fully saturated rings. The zero-order chi connectivity index (χ0) is 8.10. The van der Waals surface area contributed by atoms with Crippen LogP contribution in [0.1, 0.15) is 17.5 Å². The maximum Gasteiger partial charge on any atom is 0.225 e. The summed E-state index contributed by atoms with van der Waals surface area (Å²) in [6.07, 6.45) is 1.29. The Morgan fingerprint density at radius 3 is 3.18 bits per heavy atom. The van der Waals surface area contributed by atoms with Crippen molar-refractivity contribution in [3.8, 4) is 0 Å². The summed E-state index contributed by atoms with van der Waals surface area (Å²) in [7, 11) is 0. The van der Waals surface area contributed by atoms with Crippen molar-refractivity contribution in [2.75, 3.05) is 13.2 Å². The summed E-state index contributed by atoms with van der Waals surface area (Å²) >= 11 is 0. The fourth-order valence-electron chi connectivity index (χ4n) is 0.603. The summed E-state index contributed by atoms with van der Waals surface area (Å²) in [5.74, 6) is 0.0720. The van der Waals surface area contributed by atoms with Gasteiger partial charge in [0.2, 0.25) is 5.78 Å². The predicted molar refractivity (Wildman–Crippen MR) is 37.2 cm³/mol. The second-order valence-corrected chi connectivity index (χ2v) is 1.89. The van der Waals surface area contributed by atoms with Gasteiger partial charge in [-0.1, -0.05) is 0 Å². The zero-order valence-electron chi connectivity index (χ0n) is 6.20. The van der Waals surface area contributed by atoms with Gasteiger partial charge in [0.15, 0.2) is 5.82 Å². The summed E-state index contributed by atoms with van der Waals surface area (Å²) in [5.41, 5.74) is 0. The van der Waals surface area contributed by atoms with E-state index in [1.54, 1.807) is 0 Å². The molecule has 0 aliphatic rings. The van der Waals surface area contributed by atoms with Gasteiger partial charge in [-0.15, -0.1) is 0 Å².